The Morgan fingerprint density at radius 2 is 1.56 bits per heavy atom. The van der Waals surface area contributed by atoms with Crippen LogP contribution in [0.5, 0.6) is 0 Å². The van der Waals surface area contributed by atoms with Gasteiger partial charge < -0.3 is 5.32 Å². The molecule has 1 fully saturated rings. The van der Waals surface area contributed by atoms with Crippen molar-refractivity contribution in [2.45, 2.75) is 40.3 Å². The van der Waals surface area contributed by atoms with E-state index < -0.39 is 0 Å². The first-order valence-corrected chi connectivity index (χ1v) is 6.21. The molecule has 1 saturated carbocycles. The highest BCUT2D eigenvalue weighted by molar-refractivity contribution is 6.30. The van der Waals surface area contributed by atoms with Gasteiger partial charge in [0.05, 0.1) is 0 Å². The molecule has 88 valence electrons. The quantitative estimate of drug-likeness (QED) is 0.842. The van der Waals surface area contributed by atoms with E-state index in [1.165, 1.54) is 5.56 Å². The summed E-state index contributed by atoms with van der Waals surface area (Å²) in [6.07, 6.45) is 0. The summed E-state index contributed by atoms with van der Waals surface area (Å²) in [7, 11) is 0. The molecule has 1 aliphatic rings. The Balaban J connectivity index is 1.93. The number of hydrogen-bond donors (Lipinski definition) is 1. The SMILES string of the molecule is CC1(C)C(NCc2ccc(Cl)cc2)C1(C)C. The average molecular weight is 238 g/mol. The highest BCUT2D eigenvalue weighted by Gasteiger charge is 2.64. The molecule has 1 aromatic carbocycles. The second kappa shape index (κ2) is 3.75. The molecule has 1 aromatic rings. The summed E-state index contributed by atoms with van der Waals surface area (Å²) in [6, 6.07) is 8.66. The molecule has 0 heterocycles. The lowest BCUT2D eigenvalue weighted by Crippen LogP contribution is -2.21. The molecule has 0 bridgehead atoms. The fourth-order valence-corrected chi connectivity index (χ4v) is 2.65. The van der Waals surface area contributed by atoms with Crippen molar-refractivity contribution in [3.05, 3.63) is 34.9 Å². The molecule has 0 atom stereocenters. The van der Waals surface area contributed by atoms with Crippen molar-refractivity contribution in [3.8, 4) is 0 Å². The van der Waals surface area contributed by atoms with E-state index in [-0.39, 0.29) is 0 Å². The van der Waals surface area contributed by atoms with Crippen LogP contribution in [0.3, 0.4) is 0 Å². The van der Waals surface area contributed by atoms with Gasteiger partial charge in [-0.15, -0.1) is 0 Å². The zero-order chi connectivity index (χ0) is 12.0. The minimum atomic E-state index is 0.402. The van der Waals surface area contributed by atoms with Gasteiger partial charge in [-0.25, -0.2) is 0 Å². The predicted molar refractivity (Wildman–Crippen MR) is 69.6 cm³/mol. The van der Waals surface area contributed by atoms with E-state index in [2.05, 4.69) is 45.1 Å². The Kier molecular flexibility index (Phi) is 2.80. The maximum absolute atomic E-state index is 5.86. The molecule has 0 unspecified atom stereocenters. The van der Waals surface area contributed by atoms with Gasteiger partial charge in [0, 0.05) is 17.6 Å². The molecular formula is C14H20ClN. The standard InChI is InChI=1S/C14H20ClN/c1-13(2)12(14(13,3)4)16-9-10-5-7-11(15)8-6-10/h5-8,12,16H,9H2,1-4H3. The van der Waals surface area contributed by atoms with Gasteiger partial charge >= 0.3 is 0 Å². The van der Waals surface area contributed by atoms with E-state index >= 15 is 0 Å². The summed E-state index contributed by atoms with van der Waals surface area (Å²) in [5, 5.41) is 4.43. The minimum Gasteiger partial charge on any atom is -0.309 e. The van der Waals surface area contributed by atoms with E-state index in [0.717, 1.165) is 11.6 Å². The van der Waals surface area contributed by atoms with Crippen LogP contribution in [0.1, 0.15) is 33.3 Å². The van der Waals surface area contributed by atoms with Crippen molar-refractivity contribution in [1.82, 2.24) is 5.32 Å². The van der Waals surface area contributed by atoms with E-state index in [0.29, 0.717) is 16.9 Å². The number of rotatable bonds is 3. The van der Waals surface area contributed by atoms with Gasteiger partial charge in [0.25, 0.3) is 0 Å². The van der Waals surface area contributed by atoms with E-state index in [9.17, 15) is 0 Å². The highest BCUT2D eigenvalue weighted by Crippen LogP contribution is 2.62. The monoisotopic (exact) mass is 237 g/mol. The van der Waals surface area contributed by atoms with E-state index in [1.807, 2.05) is 12.1 Å². The van der Waals surface area contributed by atoms with Gasteiger partial charge in [0.15, 0.2) is 0 Å². The van der Waals surface area contributed by atoms with E-state index in [4.69, 9.17) is 11.6 Å². The van der Waals surface area contributed by atoms with Gasteiger partial charge in [-0.3, -0.25) is 0 Å². The zero-order valence-corrected chi connectivity index (χ0v) is 11.2. The third-order valence-corrected chi connectivity index (χ3v) is 4.70. The highest BCUT2D eigenvalue weighted by atomic mass is 35.5. The van der Waals surface area contributed by atoms with Crippen molar-refractivity contribution in [2.75, 3.05) is 0 Å². The number of nitrogens with one attached hydrogen (secondary N) is 1. The zero-order valence-electron chi connectivity index (χ0n) is 10.5. The fourth-order valence-electron chi connectivity index (χ4n) is 2.53. The average Bonchev–Trinajstić information content (AvgIpc) is 2.58. The lowest BCUT2D eigenvalue weighted by atomic mass is 10.0. The smallest absolute Gasteiger partial charge is 0.0406 e. The molecule has 2 heteroatoms. The van der Waals surface area contributed by atoms with Gasteiger partial charge in [-0.1, -0.05) is 51.4 Å². The molecule has 0 aliphatic heterocycles. The van der Waals surface area contributed by atoms with Crippen molar-refractivity contribution >= 4 is 11.6 Å². The van der Waals surface area contributed by atoms with Crippen LogP contribution >= 0.6 is 11.6 Å². The third kappa shape index (κ3) is 1.87. The lowest BCUT2D eigenvalue weighted by Gasteiger charge is -2.06. The number of benzene rings is 1. The van der Waals surface area contributed by atoms with Crippen LogP contribution in [0.2, 0.25) is 5.02 Å². The van der Waals surface area contributed by atoms with Crippen LogP contribution < -0.4 is 5.32 Å². The van der Waals surface area contributed by atoms with Crippen LogP contribution in [0.25, 0.3) is 0 Å². The van der Waals surface area contributed by atoms with Crippen molar-refractivity contribution in [1.29, 1.82) is 0 Å². The first-order valence-electron chi connectivity index (χ1n) is 5.83. The van der Waals surface area contributed by atoms with Gasteiger partial charge in [-0.05, 0) is 28.5 Å². The van der Waals surface area contributed by atoms with Gasteiger partial charge in [-0.2, -0.15) is 0 Å². The van der Waals surface area contributed by atoms with Crippen LogP contribution in [0.15, 0.2) is 24.3 Å². The molecule has 16 heavy (non-hydrogen) atoms. The van der Waals surface area contributed by atoms with Crippen molar-refractivity contribution < 1.29 is 0 Å². The van der Waals surface area contributed by atoms with Crippen molar-refractivity contribution in [2.24, 2.45) is 10.8 Å². The Morgan fingerprint density at radius 1 is 1.06 bits per heavy atom. The largest absolute Gasteiger partial charge is 0.309 e. The molecule has 0 amide bonds. The Morgan fingerprint density at radius 3 is 2.00 bits per heavy atom. The third-order valence-electron chi connectivity index (χ3n) is 4.44. The molecule has 0 saturated heterocycles. The first-order chi connectivity index (χ1) is 7.35. The predicted octanol–water partition coefficient (Wildman–Crippen LogP) is 3.86. The molecule has 1 N–H and O–H groups in total. The number of halogens is 1. The van der Waals surface area contributed by atoms with Crippen LogP contribution in [0, 0.1) is 10.8 Å². The summed E-state index contributed by atoms with van der Waals surface area (Å²) in [6.45, 7) is 10.2. The van der Waals surface area contributed by atoms with Crippen LogP contribution in [-0.4, -0.2) is 6.04 Å². The summed E-state index contributed by atoms with van der Waals surface area (Å²) in [4.78, 5) is 0. The summed E-state index contributed by atoms with van der Waals surface area (Å²) < 4.78 is 0. The molecule has 0 radical (unpaired) electrons. The maximum atomic E-state index is 5.86. The minimum absolute atomic E-state index is 0.402. The normalized spacial score (nSPS) is 22.1. The molecule has 0 spiro atoms. The van der Waals surface area contributed by atoms with Gasteiger partial charge in [0.1, 0.15) is 0 Å². The molecular weight excluding hydrogens is 218 g/mol. The van der Waals surface area contributed by atoms with Crippen LogP contribution in [-0.2, 0) is 6.54 Å². The Labute approximate surface area is 103 Å². The summed E-state index contributed by atoms with van der Waals surface area (Å²) in [5.41, 5.74) is 2.10. The molecule has 1 aliphatic carbocycles. The Hall–Kier alpha value is -0.530. The Bertz CT molecular complexity index is 364. The molecule has 0 aromatic heterocycles. The number of hydrogen-bond acceptors (Lipinski definition) is 1. The second-order valence-corrected chi connectivity index (χ2v) is 6.32. The van der Waals surface area contributed by atoms with Crippen LogP contribution in [0.4, 0.5) is 0 Å². The van der Waals surface area contributed by atoms with Gasteiger partial charge in [0.2, 0.25) is 0 Å². The fraction of sp³-hybridized carbons (Fsp3) is 0.571. The maximum Gasteiger partial charge on any atom is 0.0406 e. The van der Waals surface area contributed by atoms with E-state index in [1.54, 1.807) is 0 Å². The molecule has 1 nitrogen and oxygen atoms in total. The molecule has 2 rings (SSSR count). The second-order valence-electron chi connectivity index (χ2n) is 5.88. The van der Waals surface area contributed by atoms with Crippen molar-refractivity contribution in [3.63, 3.8) is 0 Å². The topological polar surface area (TPSA) is 12.0 Å². The lowest BCUT2D eigenvalue weighted by molar-refractivity contribution is 0.457. The first kappa shape index (κ1) is 11.9. The summed E-state index contributed by atoms with van der Waals surface area (Å²) >= 11 is 5.86. The summed E-state index contributed by atoms with van der Waals surface area (Å²) in [5.74, 6) is 0.